The van der Waals surface area contributed by atoms with Crippen LogP contribution in [0.25, 0.3) is 0 Å². The molecule has 15 heavy (non-hydrogen) atoms. The third-order valence-electron chi connectivity index (χ3n) is 1.68. The maximum absolute atomic E-state index is 11.2. The number of carbonyl (C=O) groups is 1. The second-order valence-electron chi connectivity index (χ2n) is 3.68. The molecule has 82 valence electrons. The molecule has 1 aromatic rings. The molecule has 1 rings (SSSR count). The molecule has 0 aliphatic rings. The van der Waals surface area contributed by atoms with Crippen LogP contribution >= 0.6 is 0 Å². The highest BCUT2D eigenvalue weighted by molar-refractivity contribution is 5.71. The van der Waals surface area contributed by atoms with Crippen molar-refractivity contribution in [1.29, 1.82) is 0 Å². The Labute approximate surface area is 90.0 Å². The zero-order valence-corrected chi connectivity index (χ0v) is 9.10. The van der Waals surface area contributed by atoms with Crippen LogP contribution in [0.5, 0.6) is 5.75 Å². The van der Waals surface area contributed by atoms with E-state index in [4.69, 9.17) is 9.47 Å². The van der Waals surface area contributed by atoms with Gasteiger partial charge in [0.15, 0.2) is 6.61 Å². The van der Waals surface area contributed by atoms with Gasteiger partial charge in [0.2, 0.25) is 0 Å². The highest BCUT2D eigenvalue weighted by atomic mass is 16.6. The molecule has 0 amide bonds. The first-order valence-electron chi connectivity index (χ1n) is 5.02. The molecule has 0 spiro atoms. The molecule has 0 aromatic heterocycles. The average Bonchev–Trinajstić information content (AvgIpc) is 2.25. The Morgan fingerprint density at radius 3 is 2.53 bits per heavy atom. The van der Waals surface area contributed by atoms with Crippen molar-refractivity contribution in [2.24, 2.45) is 5.92 Å². The van der Waals surface area contributed by atoms with Crippen LogP contribution in [0.15, 0.2) is 30.3 Å². The van der Waals surface area contributed by atoms with Crippen LogP contribution in [0.4, 0.5) is 0 Å². The van der Waals surface area contributed by atoms with Crippen molar-refractivity contribution in [2.45, 2.75) is 13.8 Å². The van der Waals surface area contributed by atoms with E-state index in [2.05, 4.69) is 0 Å². The Morgan fingerprint density at radius 1 is 1.27 bits per heavy atom. The molecule has 0 saturated heterocycles. The number of hydrogen-bond donors (Lipinski definition) is 0. The number of rotatable bonds is 5. The van der Waals surface area contributed by atoms with E-state index >= 15 is 0 Å². The number of carbonyl (C=O) groups excluding carboxylic acids is 1. The summed E-state index contributed by atoms with van der Waals surface area (Å²) < 4.78 is 10.2. The summed E-state index contributed by atoms with van der Waals surface area (Å²) in [5.74, 6) is 0.706. The first-order chi connectivity index (χ1) is 7.18. The highest BCUT2D eigenvalue weighted by Crippen LogP contribution is 2.07. The third kappa shape index (κ3) is 5.05. The molecule has 0 aliphatic carbocycles. The topological polar surface area (TPSA) is 35.5 Å². The largest absolute Gasteiger partial charge is 0.482 e. The van der Waals surface area contributed by atoms with Crippen molar-refractivity contribution in [3.05, 3.63) is 30.3 Å². The van der Waals surface area contributed by atoms with Crippen LogP contribution in [0.2, 0.25) is 0 Å². The highest BCUT2D eigenvalue weighted by Gasteiger charge is 2.04. The number of esters is 1. The Balaban J connectivity index is 2.23. The van der Waals surface area contributed by atoms with Gasteiger partial charge in [-0.2, -0.15) is 0 Å². The van der Waals surface area contributed by atoms with Gasteiger partial charge in [0.25, 0.3) is 0 Å². The van der Waals surface area contributed by atoms with Crippen molar-refractivity contribution >= 4 is 5.97 Å². The Bertz CT molecular complexity index is 293. The van der Waals surface area contributed by atoms with E-state index in [0.717, 1.165) is 0 Å². The molecule has 3 heteroatoms. The van der Waals surface area contributed by atoms with E-state index in [0.29, 0.717) is 18.3 Å². The number of para-hydroxylation sites is 1. The lowest BCUT2D eigenvalue weighted by molar-refractivity contribution is -0.147. The van der Waals surface area contributed by atoms with Crippen molar-refractivity contribution in [3.63, 3.8) is 0 Å². The summed E-state index contributed by atoms with van der Waals surface area (Å²) in [6.45, 7) is 4.39. The van der Waals surface area contributed by atoms with Gasteiger partial charge in [-0.05, 0) is 18.1 Å². The average molecular weight is 208 g/mol. The lowest BCUT2D eigenvalue weighted by atomic mass is 10.2. The van der Waals surface area contributed by atoms with Crippen molar-refractivity contribution < 1.29 is 14.3 Å². The first kappa shape index (κ1) is 11.6. The molecule has 0 unspecified atom stereocenters. The van der Waals surface area contributed by atoms with Crippen LogP contribution in [0.3, 0.4) is 0 Å². The summed E-state index contributed by atoms with van der Waals surface area (Å²) in [5, 5.41) is 0. The SMILES string of the molecule is CC(C)COC(=O)COc1ccccc1. The van der Waals surface area contributed by atoms with Crippen LogP contribution in [-0.4, -0.2) is 19.2 Å². The van der Waals surface area contributed by atoms with E-state index in [1.165, 1.54) is 0 Å². The van der Waals surface area contributed by atoms with Gasteiger partial charge in [-0.1, -0.05) is 32.0 Å². The molecule has 0 heterocycles. The minimum atomic E-state index is -0.326. The molecule has 0 saturated carbocycles. The molecular formula is C12H16O3. The van der Waals surface area contributed by atoms with E-state index in [1.807, 2.05) is 32.0 Å². The van der Waals surface area contributed by atoms with Crippen molar-refractivity contribution in [1.82, 2.24) is 0 Å². The van der Waals surface area contributed by atoms with Gasteiger partial charge < -0.3 is 9.47 Å². The van der Waals surface area contributed by atoms with Crippen molar-refractivity contribution in [2.75, 3.05) is 13.2 Å². The lowest BCUT2D eigenvalue weighted by Gasteiger charge is -2.08. The summed E-state index contributed by atoms with van der Waals surface area (Å²) in [6.07, 6.45) is 0. The first-order valence-corrected chi connectivity index (χ1v) is 5.02. The van der Waals surface area contributed by atoms with Gasteiger partial charge >= 0.3 is 5.97 Å². The van der Waals surface area contributed by atoms with Gasteiger partial charge in [-0.25, -0.2) is 4.79 Å². The standard InChI is InChI=1S/C12H16O3/c1-10(2)8-15-12(13)9-14-11-6-4-3-5-7-11/h3-7,10H,8-9H2,1-2H3. The fourth-order valence-corrected chi connectivity index (χ4v) is 0.960. The summed E-state index contributed by atoms with van der Waals surface area (Å²) >= 11 is 0. The van der Waals surface area contributed by atoms with E-state index in [-0.39, 0.29) is 12.6 Å². The minimum absolute atomic E-state index is 0.0310. The predicted octanol–water partition coefficient (Wildman–Crippen LogP) is 2.26. The van der Waals surface area contributed by atoms with Crippen LogP contribution in [0.1, 0.15) is 13.8 Å². The minimum Gasteiger partial charge on any atom is -0.482 e. The maximum Gasteiger partial charge on any atom is 0.344 e. The summed E-state index contributed by atoms with van der Waals surface area (Å²) in [6, 6.07) is 9.21. The molecule has 0 bridgehead atoms. The van der Waals surface area contributed by atoms with Gasteiger partial charge in [-0.3, -0.25) is 0 Å². The molecule has 0 radical (unpaired) electrons. The number of benzene rings is 1. The molecule has 0 atom stereocenters. The summed E-state index contributed by atoms with van der Waals surface area (Å²) in [5.41, 5.74) is 0. The molecule has 1 aromatic carbocycles. The van der Waals surface area contributed by atoms with E-state index in [9.17, 15) is 4.79 Å². The summed E-state index contributed by atoms with van der Waals surface area (Å²) in [4.78, 5) is 11.2. The quantitative estimate of drug-likeness (QED) is 0.696. The van der Waals surface area contributed by atoms with Gasteiger partial charge in [0.1, 0.15) is 5.75 Å². The van der Waals surface area contributed by atoms with Gasteiger partial charge in [0.05, 0.1) is 6.61 Å². The molecular weight excluding hydrogens is 192 g/mol. The predicted molar refractivity (Wildman–Crippen MR) is 57.7 cm³/mol. The second-order valence-corrected chi connectivity index (χ2v) is 3.68. The molecule has 0 aliphatic heterocycles. The molecule has 3 nitrogen and oxygen atoms in total. The Morgan fingerprint density at radius 2 is 1.93 bits per heavy atom. The number of hydrogen-bond acceptors (Lipinski definition) is 3. The van der Waals surface area contributed by atoms with Crippen LogP contribution in [0, 0.1) is 5.92 Å². The van der Waals surface area contributed by atoms with E-state index < -0.39 is 0 Å². The smallest absolute Gasteiger partial charge is 0.344 e. The van der Waals surface area contributed by atoms with Crippen molar-refractivity contribution in [3.8, 4) is 5.75 Å². The Kier molecular flexibility index (Phi) is 4.68. The van der Waals surface area contributed by atoms with E-state index in [1.54, 1.807) is 12.1 Å². The molecule has 0 N–H and O–H groups in total. The zero-order chi connectivity index (χ0) is 11.1. The monoisotopic (exact) mass is 208 g/mol. The maximum atomic E-state index is 11.2. The molecule has 0 fully saturated rings. The normalized spacial score (nSPS) is 10.1. The number of ether oxygens (including phenoxy) is 2. The van der Waals surface area contributed by atoms with Gasteiger partial charge in [0, 0.05) is 0 Å². The fraction of sp³-hybridized carbons (Fsp3) is 0.417. The fourth-order valence-electron chi connectivity index (χ4n) is 0.960. The van der Waals surface area contributed by atoms with Crippen LogP contribution in [-0.2, 0) is 9.53 Å². The third-order valence-corrected chi connectivity index (χ3v) is 1.68. The lowest BCUT2D eigenvalue weighted by Crippen LogP contribution is -2.17. The zero-order valence-electron chi connectivity index (χ0n) is 9.10. The van der Waals surface area contributed by atoms with Gasteiger partial charge in [-0.15, -0.1) is 0 Å². The second kappa shape index (κ2) is 6.06. The summed E-state index contributed by atoms with van der Waals surface area (Å²) in [7, 11) is 0. The Hall–Kier alpha value is -1.51. The van der Waals surface area contributed by atoms with Crippen LogP contribution < -0.4 is 4.74 Å².